The summed E-state index contributed by atoms with van der Waals surface area (Å²) in [6, 6.07) is 0. The van der Waals surface area contributed by atoms with Crippen molar-refractivity contribution in [3.8, 4) is 0 Å². The SMILES string of the molecule is CC[C@@H](/C=C\C(C)=O)CO[Si](C)(C)C(C)(C)C. The lowest BCUT2D eigenvalue weighted by atomic mass is 10.1. The lowest BCUT2D eigenvalue weighted by Gasteiger charge is -2.37. The molecule has 0 N–H and O–H groups in total. The van der Waals surface area contributed by atoms with Crippen LogP contribution in [0.4, 0.5) is 0 Å². The number of hydrogen-bond donors (Lipinski definition) is 0. The molecule has 0 rings (SSSR count). The zero-order valence-electron chi connectivity index (χ0n) is 12.5. The van der Waals surface area contributed by atoms with E-state index in [4.69, 9.17) is 4.43 Å². The van der Waals surface area contributed by atoms with Gasteiger partial charge in [0.05, 0.1) is 0 Å². The highest BCUT2D eigenvalue weighted by Crippen LogP contribution is 2.36. The molecular formula is C14H28O2Si. The molecule has 3 heteroatoms. The van der Waals surface area contributed by atoms with Gasteiger partial charge in [-0.1, -0.05) is 33.8 Å². The molecule has 2 nitrogen and oxygen atoms in total. The summed E-state index contributed by atoms with van der Waals surface area (Å²) in [5.74, 6) is 0.462. The van der Waals surface area contributed by atoms with Gasteiger partial charge in [-0.15, -0.1) is 0 Å². The number of ketones is 1. The predicted octanol–water partition coefficient (Wildman–Crippen LogP) is 4.18. The van der Waals surface area contributed by atoms with Crippen LogP contribution in [0.15, 0.2) is 12.2 Å². The Morgan fingerprint density at radius 3 is 2.24 bits per heavy atom. The fourth-order valence-electron chi connectivity index (χ4n) is 1.11. The van der Waals surface area contributed by atoms with Gasteiger partial charge >= 0.3 is 0 Å². The van der Waals surface area contributed by atoms with Crippen molar-refractivity contribution < 1.29 is 9.22 Å². The third-order valence-corrected chi connectivity index (χ3v) is 8.09. The summed E-state index contributed by atoms with van der Waals surface area (Å²) in [6.07, 6.45) is 4.65. The molecule has 100 valence electrons. The summed E-state index contributed by atoms with van der Waals surface area (Å²) in [5, 5.41) is 0.246. The maximum atomic E-state index is 10.9. The Labute approximate surface area is 108 Å². The van der Waals surface area contributed by atoms with Crippen LogP contribution in [0.5, 0.6) is 0 Å². The first kappa shape index (κ1) is 16.6. The first-order valence-electron chi connectivity index (χ1n) is 6.43. The first-order valence-corrected chi connectivity index (χ1v) is 9.33. The fourth-order valence-corrected chi connectivity index (χ4v) is 2.18. The third-order valence-electron chi connectivity index (χ3n) is 3.59. The first-order chi connectivity index (χ1) is 7.60. The normalized spacial score (nSPS) is 15.2. The molecule has 0 bridgehead atoms. The van der Waals surface area contributed by atoms with Crippen LogP contribution in [0.2, 0.25) is 18.1 Å². The largest absolute Gasteiger partial charge is 0.416 e. The molecule has 0 radical (unpaired) electrons. The second-order valence-corrected chi connectivity index (χ2v) is 11.0. The average molecular weight is 256 g/mol. The van der Waals surface area contributed by atoms with Crippen LogP contribution < -0.4 is 0 Å². The van der Waals surface area contributed by atoms with Gasteiger partial charge in [-0.2, -0.15) is 0 Å². The minimum absolute atomic E-state index is 0.107. The molecule has 0 spiro atoms. The molecule has 0 heterocycles. The maximum absolute atomic E-state index is 10.9. The third kappa shape index (κ3) is 6.17. The topological polar surface area (TPSA) is 26.3 Å². The van der Waals surface area contributed by atoms with Crippen LogP contribution in [0.1, 0.15) is 41.0 Å². The zero-order chi connectivity index (χ0) is 13.7. The van der Waals surface area contributed by atoms with Crippen molar-refractivity contribution in [2.75, 3.05) is 6.61 Å². The van der Waals surface area contributed by atoms with Crippen LogP contribution in [0.3, 0.4) is 0 Å². The van der Waals surface area contributed by atoms with Crippen LogP contribution in [-0.4, -0.2) is 20.7 Å². The summed E-state index contributed by atoms with van der Waals surface area (Å²) in [6.45, 7) is 15.7. The molecule has 0 aliphatic carbocycles. The molecule has 0 saturated heterocycles. The molecule has 0 saturated carbocycles. The van der Waals surface area contributed by atoms with E-state index >= 15 is 0 Å². The molecular weight excluding hydrogens is 228 g/mol. The lowest BCUT2D eigenvalue weighted by molar-refractivity contribution is -0.112. The van der Waals surface area contributed by atoms with E-state index in [9.17, 15) is 4.79 Å². The molecule has 0 aromatic carbocycles. The Balaban J connectivity index is 4.38. The van der Waals surface area contributed by atoms with Gasteiger partial charge in [0.15, 0.2) is 14.1 Å². The van der Waals surface area contributed by atoms with E-state index in [2.05, 4.69) is 40.8 Å². The molecule has 0 amide bonds. The van der Waals surface area contributed by atoms with Gasteiger partial charge in [-0.3, -0.25) is 4.79 Å². The van der Waals surface area contributed by atoms with E-state index in [0.29, 0.717) is 5.92 Å². The molecule has 17 heavy (non-hydrogen) atoms. The highest BCUT2D eigenvalue weighted by Gasteiger charge is 2.37. The van der Waals surface area contributed by atoms with Gasteiger partial charge in [-0.25, -0.2) is 0 Å². The van der Waals surface area contributed by atoms with Crippen molar-refractivity contribution >= 4 is 14.1 Å². The molecule has 0 fully saturated rings. The van der Waals surface area contributed by atoms with Crippen molar-refractivity contribution in [3.63, 3.8) is 0 Å². The van der Waals surface area contributed by atoms with E-state index < -0.39 is 8.32 Å². The lowest BCUT2D eigenvalue weighted by Crippen LogP contribution is -2.41. The van der Waals surface area contributed by atoms with E-state index in [1.54, 1.807) is 13.0 Å². The Hall–Kier alpha value is -0.413. The minimum atomic E-state index is -1.66. The van der Waals surface area contributed by atoms with Gasteiger partial charge in [0.25, 0.3) is 0 Å². The van der Waals surface area contributed by atoms with Gasteiger partial charge in [0.2, 0.25) is 0 Å². The van der Waals surface area contributed by atoms with Crippen molar-refractivity contribution in [1.29, 1.82) is 0 Å². The molecule has 0 aliphatic rings. The zero-order valence-corrected chi connectivity index (χ0v) is 13.5. The quantitative estimate of drug-likeness (QED) is 0.526. The smallest absolute Gasteiger partial charge is 0.192 e. The van der Waals surface area contributed by atoms with Crippen LogP contribution in [0.25, 0.3) is 0 Å². The molecule has 0 aromatic heterocycles. The Kier molecular flexibility index (Phi) is 6.34. The molecule has 1 atom stereocenters. The Morgan fingerprint density at radius 1 is 1.35 bits per heavy atom. The molecule has 0 unspecified atom stereocenters. The van der Waals surface area contributed by atoms with E-state index in [1.165, 1.54) is 0 Å². The molecule has 0 aliphatic heterocycles. The number of carbonyl (C=O) groups excluding carboxylic acids is 1. The minimum Gasteiger partial charge on any atom is -0.416 e. The Morgan fingerprint density at radius 2 is 1.88 bits per heavy atom. The Bertz CT molecular complexity index is 274. The predicted molar refractivity (Wildman–Crippen MR) is 76.8 cm³/mol. The summed E-state index contributed by atoms with van der Waals surface area (Å²) in [5.41, 5.74) is 0. The summed E-state index contributed by atoms with van der Waals surface area (Å²) >= 11 is 0. The van der Waals surface area contributed by atoms with Gasteiger partial charge in [-0.05, 0) is 43.5 Å². The number of carbonyl (C=O) groups is 1. The monoisotopic (exact) mass is 256 g/mol. The summed E-state index contributed by atoms with van der Waals surface area (Å²) in [4.78, 5) is 10.9. The standard InChI is InChI=1S/C14H28O2Si/c1-8-13(10-9-12(2)15)11-16-17(6,7)14(3,4)5/h9-10,13H,8,11H2,1-7H3/b10-9-/t13-/m0/s1. The average Bonchev–Trinajstić information content (AvgIpc) is 2.15. The second kappa shape index (κ2) is 6.50. The summed E-state index contributed by atoms with van der Waals surface area (Å²) in [7, 11) is -1.66. The van der Waals surface area contributed by atoms with E-state index in [0.717, 1.165) is 13.0 Å². The number of hydrogen-bond acceptors (Lipinski definition) is 2. The van der Waals surface area contributed by atoms with Crippen molar-refractivity contribution in [1.82, 2.24) is 0 Å². The highest BCUT2D eigenvalue weighted by molar-refractivity contribution is 6.74. The number of allylic oxidation sites excluding steroid dienone is 1. The summed E-state index contributed by atoms with van der Waals surface area (Å²) < 4.78 is 6.16. The fraction of sp³-hybridized carbons (Fsp3) is 0.786. The van der Waals surface area contributed by atoms with Crippen molar-refractivity contribution in [2.45, 2.75) is 59.2 Å². The van der Waals surface area contributed by atoms with Crippen molar-refractivity contribution in [3.05, 3.63) is 12.2 Å². The highest BCUT2D eigenvalue weighted by atomic mass is 28.4. The second-order valence-electron chi connectivity index (χ2n) is 6.21. The van der Waals surface area contributed by atoms with Crippen LogP contribution in [0, 0.1) is 5.92 Å². The van der Waals surface area contributed by atoms with E-state index in [-0.39, 0.29) is 10.8 Å². The van der Waals surface area contributed by atoms with Crippen molar-refractivity contribution in [2.24, 2.45) is 5.92 Å². The van der Waals surface area contributed by atoms with Gasteiger partial charge < -0.3 is 4.43 Å². The van der Waals surface area contributed by atoms with Crippen LogP contribution >= 0.6 is 0 Å². The maximum Gasteiger partial charge on any atom is 0.192 e. The van der Waals surface area contributed by atoms with Gasteiger partial charge in [0.1, 0.15) is 0 Å². The van der Waals surface area contributed by atoms with Crippen LogP contribution in [-0.2, 0) is 9.22 Å². The number of rotatable bonds is 6. The van der Waals surface area contributed by atoms with Gasteiger partial charge in [0, 0.05) is 6.61 Å². The molecule has 0 aromatic rings. The van der Waals surface area contributed by atoms with E-state index in [1.807, 2.05) is 6.08 Å².